The number of benzene rings is 1. The van der Waals surface area contributed by atoms with E-state index in [-0.39, 0.29) is 17.8 Å². The predicted molar refractivity (Wildman–Crippen MR) is 124 cm³/mol. The summed E-state index contributed by atoms with van der Waals surface area (Å²) < 4.78 is 21.8. The fraction of sp³-hybridized carbons (Fsp3) is 0.458. The number of nitrogens with one attached hydrogen (secondary N) is 1. The first kappa shape index (κ1) is 21.8. The molecule has 2 bridgehead atoms. The minimum absolute atomic E-state index is 0.0639. The van der Waals surface area contributed by atoms with Crippen LogP contribution in [0.1, 0.15) is 19.3 Å². The van der Waals surface area contributed by atoms with Crippen LogP contribution in [-0.4, -0.2) is 69.9 Å². The average molecular weight is 453 g/mol. The smallest absolute Gasteiger partial charge is 0.147 e. The first-order chi connectivity index (χ1) is 16.0. The summed E-state index contributed by atoms with van der Waals surface area (Å²) in [4.78, 5) is 10.9. The number of phenols is 1. The monoisotopic (exact) mass is 452 g/mol. The van der Waals surface area contributed by atoms with Gasteiger partial charge >= 0.3 is 0 Å². The summed E-state index contributed by atoms with van der Waals surface area (Å²) in [6, 6.07) is 5.56. The number of methoxy groups -OCH3 is 1. The molecule has 2 aromatic heterocycles. The molecule has 8 nitrogen and oxygen atoms in total. The molecule has 0 radical (unpaired) electrons. The standard InChI is InChI=1S/C24H29FN6O2/c1-30(21-10-17-4-6-19(29-17)24(21)25)23-13-26-20(12-27-23)18-5-3-15(9-22(18)32)16-11-28-31(14-16)7-8-33-2/h3,5,9,11-14,17,19,21,24,29,32H,4,6-8,10H2,1-2H3/t17?,19?,21-,24+/m1/s1. The highest BCUT2D eigenvalue weighted by Crippen LogP contribution is 2.35. The van der Waals surface area contributed by atoms with Crippen LogP contribution in [0.15, 0.2) is 43.0 Å². The zero-order valence-corrected chi connectivity index (χ0v) is 18.9. The number of rotatable bonds is 7. The Balaban J connectivity index is 1.31. The molecule has 0 saturated carbocycles. The first-order valence-corrected chi connectivity index (χ1v) is 11.3. The van der Waals surface area contributed by atoms with Crippen molar-refractivity contribution < 1.29 is 14.2 Å². The molecule has 174 valence electrons. The van der Waals surface area contributed by atoms with Gasteiger partial charge in [-0.05, 0) is 37.0 Å². The molecule has 2 N–H and O–H groups in total. The molecule has 2 saturated heterocycles. The summed E-state index contributed by atoms with van der Waals surface area (Å²) in [7, 11) is 3.54. The molecule has 2 aliphatic heterocycles. The summed E-state index contributed by atoms with van der Waals surface area (Å²) in [5.74, 6) is 0.749. The Labute approximate surface area is 192 Å². The lowest BCUT2D eigenvalue weighted by Crippen LogP contribution is -2.55. The molecular weight excluding hydrogens is 423 g/mol. The van der Waals surface area contributed by atoms with E-state index in [1.54, 1.807) is 36.4 Å². The van der Waals surface area contributed by atoms with Gasteiger partial charge in [0.1, 0.15) is 17.7 Å². The second kappa shape index (κ2) is 9.07. The van der Waals surface area contributed by atoms with Crippen LogP contribution in [0, 0.1) is 0 Å². The number of halogens is 1. The van der Waals surface area contributed by atoms with Crippen LogP contribution in [0.25, 0.3) is 22.4 Å². The number of fused-ring (bicyclic) bond motifs is 2. The van der Waals surface area contributed by atoms with Crippen LogP contribution in [0.2, 0.25) is 0 Å². The number of ether oxygens (including phenoxy) is 1. The second-order valence-corrected chi connectivity index (χ2v) is 8.88. The molecule has 5 rings (SSSR count). The lowest BCUT2D eigenvalue weighted by Gasteiger charge is -2.38. The van der Waals surface area contributed by atoms with Crippen LogP contribution in [-0.2, 0) is 11.3 Å². The summed E-state index contributed by atoms with van der Waals surface area (Å²) in [6.07, 6.45) is 8.73. The molecule has 4 atom stereocenters. The van der Waals surface area contributed by atoms with Crippen LogP contribution in [0.3, 0.4) is 0 Å². The predicted octanol–water partition coefficient (Wildman–Crippen LogP) is 3.03. The van der Waals surface area contributed by atoms with Crippen LogP contribution >= 0.6 is 0 Å². The highest BCUT2D eigenvalue weighted by atomic mass is 19.1. The van der Waals surface area contributed by atoms with Gasteiger partial charge in [-0.3, -0.25) is 9.67 Å². The van der Waals surface area contributed by atoms with Gasteiger partial charge in [-0.1, -0.05) is 6.07 Å². The number of hydrogen-bond donors (Lipinski definition) is 2. The van der Waals surface area contributed by atoms with Gasteiger partial charge in [0, 0.05) is 43.6 Å². The highest BCUT2D eigenvalue weighted by Gasteiger charge is 2.43. The molecule has 0 aliphatic carbocycles. The van der Waals surface area contributed by atoms with Gasteiger partial charge in [-0.25, -0.2) is 9.37 Å². The van der Waals surface area contributed by atoms with Gasteiger partial charge in [0.15, 0.2) is 0 Å². The van der Waals surface area contributed by atoms with Crippen molar-refractivity contribution in [1.82, 2.24) is 25.1 Å². The van der Waals surface area contributed by atoms with Gasteiger partial charge in [-0.2, -0.15) is 5.10 Å². The molecule has 2 aliphatic rings. The maximum Gasteiger partial charge on any atom is 0.147 e. The molecular formula is C24H29FN6O2. The minimum Gasteiger partial charge on any atom is -0.507 e. The molecule has 4 heterocycles. The molecule has 0 amide bonds. The maximum atomic E-state index is 14.9. The van der Waals surface area contributed by atoms with Crippen molar-refractivity contribution in [1.29, 1.82) is 0 Å². The fourth-order valence-corrected chi connectivity index (χ4v) is 4.91. The van der Waals surface area contributed by atoms with E-state index in [1.807, 2.05) is 30.3 Å². The Morgan fingerprint density at radius 1 is 1.21 bits per heavy atom. The third kappa shape index (κ3) is 4.30. The molecule has 33 heavy (non-hydrogen) atoms. The number of phenolic OH excluding ortho intramolecular Hbond substituents is 1. The van der Waals surface area contributed by atoms with Crippen molar-refractivity contribution in [2.24, 2.45) is 0 Å². The topological polar surface area (TPSA) is 88.3 Å². The van der Waals surface area contributed by atoms with E-state index in [0.717, 1.165) is 30.4 Å². The average Bonchev–Trinajstić information content (AvgIpc) is 3.47. The summed E-state index contributed by atoms with van der Waals surface area (Å²) in [6.45, 7) is 1.25. The number of anilines is 1. The largest absolute Gasteiger partial charge is 0.507 e. The Bertz CT molecular complexity index is 1100. The molecule has 1 aromatic carbocycles. The second-order valence-electron chi connectivity index (χ2n) is 8.88. The van der Waals surface area contributed by atoms with Gasteiger partial charge in [0.25, 0.3) is 0 Å². The normalized spacial score (nSPS) is 24.2. The number of aromatic hydroxyl groups is 1. The fourth-order valence-electron chi connectivity index (χ4n) is 4.91. The van der Waals surface area contributed by atoms with Gasteiger partial charge in [0.2, 0.25) is 0 Å². The van der Waals surface area contributed by atoms with E-state index >= 15 is 0 Å². The van der Waals surface area contributed by atoms with Crippen molar-refractivity contribution in [2.45, 2.75) is 50.1 Å². The van der Waals surface area contributed by atoms with Crippen molar-refractivity contribution in [3.63, 3.8) is 0 Å². The zero-order chi connectivity index (χ0) is 22.9. The van der Waals surface area contributed by atoms with E-state index in [4.69, 9.17) is 4.74 Å². The van der Waals surface area contributed by atoms with E-state index < -0.39 is 6.17 Å². The Hall–Kier alpha value is -3.04. The molecule has 2 fully saturated rings. The van der Waals surface area contributed by atoms with Crippen LogP contribution in [0.4, 0.5) is 10.2 Å². The zero-order valence-electron chi connectivity index (χ0n) is 18.9. The van der Waals surface area contributed by atoms with E-state index in [2.05, 4.69) is 20.4 Å². The lowest BCUT2D eigenvalue weighted by atomic mass is 9.96. The quantitative estimate of drug-likeness (QED) is 0.570. The maximum absolute atomic E-state index is 14.9. The number of nitrogens with zero attached hydrogens (tertiary/aromatic N) is 5. The summed E-state index contributed by atoms with van der Waals surface area (Å²) in [5, 5.41) is 18.3. The van der Waals surface area contributed by atoms with Gasteiger partial charge in [0.05, 0.1) is 43.5 Å². The number of alkyl halides is 1. The number of aromatic nitrogens is 4. The van der Waals surface area contributed by atoms with E-state index in [1.165, 1.54) is 0 Å². The number of hydrogen-bond acceptors (Lipinski definition) is 7. The Morgan fingerprint density at radius 3 is 2.85 bits per heavy atom. The third-order valence-electron chi connectivity index (χ3n) is 6.82. The lowest BCUT2D eigenvalue weighted by molar-refractivity contribution is 0.176. The highest BCUT2D eigenvalue weighted by molar-refractivity contribution is 5.73. The first-order valence-electron chi connectivity index (χ1n) is 11.3. The number of piperidine rings is 1. The molecule has 0 spiro atoms. The van der Waals surface area contributed by atoms with E-state index in [0.29, 0.717) is 36.3 Å². The van der Waals surface area contributed by atoms with Crippen molar-refractivity contribution in [3.05, 3.63) is 43.0 Å². The van der Waals surface area contributed by atoms with Crippen molar-refractivity contribution >= 4 is 5.82 Å². The van der Waals surface area contributed by atoms with Crippen LogP contribution < -0.4 is 10.2 Å². The SMILES string of the molecule is COCCn1cc(-c2ccc(-c3cnc(N(C)[C@@H]4CC5CCC(N5)[C@@H]4F)cn3)c(O)c2)cn1. The summed E-state index contributed by atoms with van der Waals surface area (Å²) in [5.41, 5.74) is 2.93. The Morgan fingerprint density at radius 2 is 2.09 bits per heavy atom. The van der Waals surface area contributed by atoms with Crippen molar-refractivity contribution in [3.8, 4) is 28.1 Å². The molecule has 3 aromatic rings. The Kier molecular flexibility index (Phi) is 5.99. The van der Waals surface area contributed by atoms with Gasteiger partial charge in [-0.15, -0.1) is 0 Å². The van der Waals surface area contributed by atoms with E-state index in [9.17, 15) is 9.50 Å². The third-order valence-corrected chi connectivity index (χ3v) is 6.82. The molecule has 9 heteroatoms. The van der Waals surface area contributed by atoms with Crippen LogP contribution in [0.5, 0.6) is 5.75 Å². The molecule has 2 unspecified atom stereocenters. The summed E-state index contributed by atoms with van der Waals surface area (Å²) >= 11 is 0. The minimum atomic E-state index is -0.925. The van der Waals surface area contributed by atoms with Gasteiger partial charge < -0.3 is 20.1 Å². The van der Waals surface area contributed by atoms with Crippen molar-refractivity contribution in [2.75, 3.05) is 25.7 Å².